The number of likely N-dealkylation sites (N-methyl/N-ethyl adjacent to an activating group) is 1. The summed E-state index contributed by atoms with van der Waals surface area (Å²) in [5.74, 6) is -2.14. The lowest BCUT2D eigenvalue weighted by Gasteiger charge is -2.26. The number of rotatable bonds is 7. The van der Waals surface area contributed by atoms with Crippen LogP contribution in [0.25, 0.3) is 0 Å². The van der Waals surface area contributed by atoms with Gasteiger partial charge in [-0.3, -0.25) is 14.6 Å². The van der Waals surface area contributed by atoms with E-state index in [1.54, 1.807) is 0 Å². The molecule has 15 heteroatoms. The molecule has 2 aromatic carbocycles. The molecule has 1 saturated carbocycles. The van der Waals surface area contributed by atoms with E-state index >= 15 is 0 Å². The molecular weight excluding hydrogens is 565 g/mol. The zero-order chi connectivity index (χ0) is 30.3. The largest absolute Gasteiger partial charge is 0.420 e. The van der Waals surface area contributed by atoms with E-state index in [4.69, 9.17) is 4.74 Å². The van der Waals surface area contributed by atoms with Gasteiger partial charge in [0.05, 0.1) is 11.3 Å². The molecule has 1 aliphatic carbocycles. The zero-order valence-electron chi connectivity index (χ0n) is 21.9. The standard InChI is InChI=1S/C26H25F7N4O4/c1-34(22(38)15-3-4-15)9-10-36-11-12-37(23(36)39)20-14-16(25(28,29)30)13-19(26(31,32)33)21(20)41-24(40)35(2)18-7-5-17(27)6-8-18/h5-8,13-15H,3-4,9-12H2,1-2H3. The second kappa shape index (κ2) is 11.1. The van der Waals surface area contributed by atoms with Crippen molar-refractivity contribution in [2.24, 2.45) is 5.92 Å². The van der Waals surface area contributed by atoms with Gasteiger partial charge in [-0.15, -0.1) is 0 Å². The van der Waals surface area contributed by atoms with Gasteiger partial charge in [-0.1, -0.05) is 0 Å². The molecule has 0 bridgehead atoms. The Balaban J connectivity index is 1.67. The second-order valence-corrected chi connectivity index (χ2v) is 9.73. The van der Waals surface area contributed by atoms with Crippen LogP contribution in [0.15, 0.2) is 36.4 Å². The molecule has 41 heavy (non-hydrogen) atoms. The summed E-state index contributed by atoms with van der Waals surface area (Å²) in [5.41, 5.74) is -4.49. The number of carbonyl (C=O) groups excluding carboxylic acids is 3. The predicted molar refractivity (Wildman–Crippen MR) is 132 cm³/mol. The van der Waals surface area contributed by atoms with Crippen molar-refractivity contribution in [3.05, 3.63) is 53.3 Å². The van der Waals surface area contributed by atoms with Crippen LogP contribution in [0, 0.1) is 11.7 Å². The first-order chi connectivity index (χ1) is 19.1. The summed E-state index contributed by atoms with van der Waals surface area (Å²) in [6.07, 6.45) is -10.5. The van der Waals surface area contributed by atoms with Crippen molar-refractivity contribution in [3.8, 4) is 5.75 Å². The third-order valence-corrected chi connectivity index (χ3v) is 6.77. The predicted octanol–water partition coefficient (Wildman–Crippen LogP) is 5.61. The van der Waals surface area contributed by atoms with Gasteiger partial charge in [-0.05, 0) is 49.2 Å². The summed E-state index contributed by atoms with van der Waals surface area (Å²) < 4.78 is 101. The molecule has 0 atom stereocenters. The minimum absolute atomic E-state index is 0.0161. The first kappa shape index (κ1) is 29.9. The van der Waals surface area contributed by atoms with Crippen molar-refractivity contribution in [2.45, 2.75) is 25.2 Å². The molecule has 2 aliphatic rings. The summed E-state index contributed by atoms with van der Waals surface area (Å²) >= 11 is 0. The maximum Gasteiger partial charge on any atom is 0.420 e. The topological polar surface area (TPSA) is 73.4 Å². The third kappa shape index (κ3) is 6.65. The van der Waals surface area contributed by atoms with E-state index in [-0.39, 0.29) is 49.8 Å². The van der Waals surface area contributed by atoms with Gasteiger partial charge >= 0.3 is 24.5 Å². The molecular formula is C26H25F7N4O4. The van der Waals surface area contributed by atoms with E-state index in [9.17, 15) is 45.1 Å². The van der Waals surface area contributed by atoms with Crippen molar-refractivity contribution in [1.82, 2.24) is 9.80 Å². The number of alkyl halides is 6. The molecule has 2 aromatic rings. The van der Waals surface area contributed by atoms with Crippen molar-refractivity contribution < 1.29 is 49.9 Å². The van der Waals surface area contributed by atoms with Gasteiger partial charge in [0.2, 0.25) is 5.91 Å². The van der Waals surface area contributed by atoms with Crippen molar-refractivity contribution in [3.63, 3.8) is 0 Å². The monoisotopic (exact) mass is 590 g/mol. The number of nitrogens with zero attached hydrogens (tertiary/aromatic N) is 4. The van der Waals surface area contributed by atoms with Crippen LogP contribution in [0.3, 0.4) is 0 Å². The van der Waals surface area contributed by atoms with Crippen LogP contribution in [-0.4, -0.2) is 68.1 Å². The normalized spacial score (nSPS) is 15.8. The summed E-state index contributed by atoms with van der Waals surface area (Å²) in [7, 11) is 2.64. The molecule has 1 saturated heterocycles. The highest BCUT2D eigenvalue weighted by Gasteiger charge is 2.44. The summed E-state index contributed by atoms with van der Waals surface area (Å²) in [6.45, 7) is -0.283. The summed E-state index contributed by atoms with van der Waals surface area (Å²) in [5, 5.41) is 0. The van der Waals surface area contributed by atoms with E-state index < -0.39 is 52.9 Å². The number of hydrogen-bond donors (Lipinski definition) is 0. The Morgan fingerprint density at radius 1 is 0.976 bits per heavy atom. The lowest BCUT2D eigenvalue weighted by atomic mass is 10.1. The Morgan fingerprint density at radius 3 is 2.17 bits per heavy atom. The van der Waals surface area contributed by atoms with Gasteiger partial charge in [0, 0.05) is 51.9 Å². The van der Waals surface area contributed by atoms with E-state index in [1.807, 2.05) is 0 Å². The van der Waals surface area contributed by atoms with Crippen LogP contribution in [-0.2, 0) is 17.1 Å². The Labute approximate surface area is 229 Å². The Bertz CT molecular complexity index is 1330. The van der Waals surface area contributed by atoms with Crippen LogP contribution in [0.5, 0.6) is 5.75 Å². The van der Waals surface area contributed by atoms with E-state index in [0.717, 1.165) is 49.1 Å². The number of halogens is 7. The molecule has 4 rings (SSSR count). The molecule has 4 amide bonds. The fourth-order valence-corrected chi connectivity index (χ4v) is 4.26. The molecule has 0 N–H and O–H groups in total. The molecule has 0 unspecified atom stereocenters. The van der Waals surface area contributed by atoms with Crippen molar-refractivity contribution >= 4 is 29.4 Å². The minimum atomic E-state index is -5.41. The lowest BCUT2D eigenvalue weighted by molar-refractivity contribution is -0.143. The average molecular weight is 590 g/mol. The van der Waals surface area contributed by atoms with E-state index in [0.29, 0.717) is 11.0 Å². The molecule has 8 nitrogen and oxygen atoms in total. The van der Waals surface area contributed by atoms with Gasteiger partial charge in [-0.2, -0.15) is 26.3 Å². The number of carbonyl (C=O) groups is 3. The van der Waals surface area contributed by atoms with E-state index in [1.165, 1.54) is 16.8 Å². The van der Waals surface area contributed by atoms with Gasteiger partial charge in [-0.25, -0.2) is 14.0 Å². The quantitative estimate of drug-likeness (QED) is 0.393. The van der Waals surface area contributed by atoms with Crippen LogP contribution in [0.1, 0.15) is 24.0 Å². The maximum absolute atomic E-state index is 14.1. The van der Waals surface area contributed by atoms with Gasteiger partial charge in [0.1, 0.15) is 11.4 Å². The molecule has 1 aliphatic heterocycles. The summed E-state index contributed by atoms with van der Waals surface area (Å²) in [4.78, 5) is 42.2. The first-order valence-corrected chi connectivity index (χ1v) is 12.4. The second-order valence-electron chi connectivity index (χ2n) is 9.73. The molecule has 0 radical (unpaired) electrons. The molecule has 222 valence electrons. The highest BCUT2D eigenvalue weighted by Crippen LogP contribution is 2.47. The molecule has 0 aromatic heterocycles. The van der Waals surface area contributed by atoms with Crippen LogP contribution < -0.4 is 14.5 Å². The fourth-order valence-electron chi connectivity index (χ4n) is 4.26. The third-order valence-electron chi connectivity index (χ3n) is 6.77. The van der Waals surface area contributed by atoms with Gasteiger partial charge < -0.3 is 14.5 Å². The number of amides is 4. The van der Waals surface area contributed by atoms with E-state index in [2.05, 4.69) is 0 Å². The maximum atomic E-state index is 14.1. The lowest BCUT2D eigenvalue weighted by Crippen LogP contribution is -2.39. The fraction of sp³-hybridized carbons (Fsp3) is 0.423. The van der Waals surface area contributed by atoms with Crippen LogP contribution >= 0.6 is 0 Å². The molecule has 1 heterocycles. The molecule has 0 spiro atoms. The molecule has 2 fully saturated rings. The Morgan fingerprint density at radius 2 is 1.61 bits per heavy atom. The SMILES string of the molecule is CN(CCN1CCN(c2cc(C(F)(F)F)cc(C(F)(F)F)c2OC(=O)N(C)c2ccc(F)cc2)C1=O)C(=O)C1CC1. The smallest absolute Gasteiger partial charge is 0.407 e. The highest BCUT2D eigenvalue weighted by atomic mass is 19.4. The Hall–Kier alpha value is -4.04. The van der Waals surface area contributed by atoms with Crippen LogP contribution in [0.4, 0.5) is 51.7 Å². The van der Waals surface area contributed by atoms with Crippen LogP contribution in [0.2, 0.25) is 0 Å². The summed E-state index contributed by atoms with van der Waals surface area (Å²) in [6, 6.07) is 3.45. The minimum Gasteiger partial charge on any atom is -0.407 e. The Kier molecular flexibility index (Phi) is 8.09. The highest BCUT2D eigenvalue weighted by molar-refractivity contribution is 5.97. The van der Waals surface area contributed by atoms with Gasteiger partial charge in [0.15, 0.2) is 5.75 Å². The zero-order valence-corrected chi connectivity index (χ0v) is 21.9. The first-order valence-electron chi connectivity index (χ1n) is 12.4. The number of ether oxygens (including phenoxy) is 1. The number of hydrogen-bond acceptors (Lipinski definition) is 4. The van der Waals surface area contributed by atoms with Gasteiger partial charge in [0.25, 0.3) is 0 Å². The average Bonchev–Trinajstić information content (AvgIpc) is 3.68. The number of benzene rings is 2. The van der Waals surface area contributed by atoms with Crippen molar-refractivity contribution in [1.29, 1.82) is 0 Å². The number of urea groups is 1. The van der Waals surface area contributed by atoms with Crippen molar-refractivity contribution in [2.75, 3.05) is 50.1 Å². The number of anilines is 2.